The van der Waals surface area contributed by atoms with Crippen LogP contribution in [0.4, 0.5) is 0 Å². The molecule has 2 aromatic carbocycles. The molecule has 0 atom stereocenters. The minimum absolute atomic E-state index is 0.170. The lowest BCUT2D eigenvalue weighted by Gasteiger charge is -2.09. The second kappa shape index (κ2) is 8.08. The molecule has 0 unspecified atom stereocenters. The topological polar surface area (TPSA) is 74.4 Å². The summed E-state index contributed by atoms with van der Waals surface area (Å²) >= 11 is 0. The fraction of sp³-hybridized carbons (Fsp3) is 0.100. The monoisotopic (exact) mass is 334 g/mol. The van der Waals surface area contributed by atoms with E-state index in [0.717, 1.165) is 17.1 Å². The maximum Gasteiger partial charge on any atom is 0.340 e. The van der Waals surface area contributed by atoms with Crippen LogP contribution in [0, 0.1) is 0 Å². The summed E-state index contributed by atoms with van der Waals surface area (Å²) in [4.78, 5) is 16.2. The van der Waals surface area contributed by atoms with Crippen molar-refractivity contribution >= 4 is 5.97 Å². The smallest absolute Gasteiger partial charge is 0.340 e. The van der Waals surface area contributed by atoms with E-state index in [1.165, 1.54) is 0 Å². The third-order valence-corrected chi connectivity index (χ3v) is 3.58. The Morgan fingerprint density at radius 3 is 2.36 bits per heavy atom. The van der Waals surface area contributed by atoms with Gasteiger partial charge < -0.3 is 15.2 Å². The van der Waals surface area contributed by atoms with Crippen LogP contribution in [0.2, 0.25) is 0 Å². The Morgan fingerprint density at radius 2 is 1.64 bits per heavy atom. The SMILES string of the molecule is NCc1ncccc1C(=O)OCc1ccc(Oc2ccccc2)cc1. The molecule has 126 valence electrons. The molecule has 0 saturated heterocycles. The molecule has 0 aliphatic rings. The van der Waals surface area contributed by atoms with Gasteiger partial charge in [-0.2, -0.15) is 0 Å². The number of nitrogens with two attached hydrogens (primary N) is 1. The fourth-order valence-corrected chi connectivity index (χ4v) is 2.29. The van der Waals surface area contributed by atoms with E-state index in [4.69, 9.17) is 15.2 Å². The summed E-state index contributed by atoms with van der Waals surface area (Å²) in [6.45, 7) is 0.361. The number of ether oxygens (including phenoxy) is 2. The van der Waals surface area contributed by atoms with Gasteiger partial charge in [0.1, 0.15) is 18.1 Å². The van der Waals surface area contributed by atoms with Crippen LogP contribution < -0.4 is 10.5 Å². The molecule has 0 aliphatic carbocycles. The van der Waals surface area contributed by atoms with Crippen LogP contribution in [-0.2, 0) is 17.9 Å². The van der Waals surface area contributed by atoms with Gasteiger partial charge >= 0.3 is 5.97 Å². The molecule has 0 saturated carbocycles. The van der Waals surface area contributed by atoms with E-state index >= 15 is 0 Å². The Kier molecular flexibility index (Phi) is 5.39. The Hall–Kier alpha value is -3.18. The van der Waals surface area contributed by atoms with Crippen LogP contribution in [0.15, 0.2) is 72.9 Å². The number of nitrogens with zero attached hydrogens (tertiary/aromatic N) is 1. The van der Waals surface area contributed by atoms with E-state index in [1.807, 2.05) is 54.6 Å². The quantitative estimate of drug-likeness (QED) is 0.696. The molecule has 0 amide bonds. The molecular formula is C20H18N2O3. The van der Waals surface area contributed by atoms with Gasteiger partial charge in [0.25, 0.3) is 0 Å². The predicted molar refractivity (Wildman–Crippen MR) is 94.2 cm³/mol. The first-order chi connectivity index (χ1) is 12.3. The molecular weight excluding hydrogens is 316 g/mol. The molecule has 5 nitrogen and oxygen atoms in total. The number of pyridine rings is 1. The number of rotatable bonds is 6. The van der Waals surface area contributed by atoms with E-state index in [-0.39, 0.29) is 13.2 Å². The van der Waals surface area contributed by atoms with E-state index in [9.17, 15) is 4.79 Å². The standard InChI is InChI=1S/C20H18N2O3/c21-13-19-18(7-4-12-22-19)20(23)24-14-15-8-10-17(11-9-15)25-16-5-2-1-3-6-16/h1-12H,13-14,21H2. The van der Waals surface area contributed by atoms with Gasteiger partial charge in [-0.1, -0.05) is 30.3 Å². The number of hydrogen-bond donors (Lipinski definition) is 1. The minimum Gasteiger partial charge on any atom is -0.457 e. The second-order valence-corrected chi connectivity index (χ2v) is 5.34. The Morgan fingerprint density at radius 1 is 0.920 bits per heavy atom. The summed E-state index contributed by atoms with van der Waals surface area (Å²) in [5, 5.41) is 0. The van der Waals surface area contributed by atoms with E-state index < -0.39 is 5.97 Å². The van der Waals surface area contributed by atoms with Crippen molar-refractivity contribution in [3.63, 3.8) is 0 Å². The molecule has 0 aliphatic heterocycles. The first-order valence-corrected chi connectivity index (χ1v) is 7.89. The number of carbonyl (C=O) groups excluding carboxylic acids is 1. The lowest BCUT2D eigenvalue weighted by atomic mass is 10.2. The molecule has 3 rings (SSSR count). The summed E-state index contributed by atoms with van der Waals surface area (Å²) in [6, 6.07) is 20.3. The molecule has 1 aromatic heterocycles. The van der Waals surface area contributed by atoms with Crippen molar-refractivity contribution in [2.45, 2.75) is 13.2 Å². The van der Waals surface area contributed by atoms with Crippen molar-refractivity contribution in [3.05, 3.63) is 89.7 Å². The Balaban J connectivity index is 1.59. The van der Waals surface area contributed by atoms with Gasteiger partial charge in [0.2, 0.25) is 0 Å². The number of para-hydroxylation sites is 1. The number of carbonyl (C=O) groups is 1. The first kappa shape index (κ1) is 16.7. The highest BCUT2D eigenvalue weighted by molar-refractivity contribution is 5.90. The average molecular weight is 334 g/mol. The second-order valence-electron chi connectivity index (χ2n) is 5.34. The zero-order valence-electron chi connectivity index (χ0n) is 13.6. The molecule has 0 fully saturated rings. The van der Waals surface area contributed by atoms with Crippen LogP contribution in [0.25, 0.3) is 0 Å². The van der Waals surface area contributed by atoms with Crippen molar-refractivity contribution in [1.82, 2.24) is 4.98 Å². The lowest BCUT2D eigenvalue weighted by molar-refractivity contribution is 0.0471. The van der Waals surface area contributed by atoms with Crippen molar-refractivity contribution in [2.24, 2.45) is 5.73 Å². The third-order valence-electron chi connectivity index (χ3n) is 3.58. The van der Waals surface area contributed by atoms with Crippen LogP contribution in [0.1, 0.15) is 21.6 Å². The summed E-state index contributed by atoms with van der Waals surface area (Å²) in [6.07, 6.45) is 1.60. The summed E-state index contributed by atoms with van der Waals surface area (Å²) < 4.78 is 11.1. The fourth-order valence-electron chi connectivity index (χ4n) is 2.29. The summed E-state index contributed by atoms with van der Waals surface area (Å²) in [7, 11) is 0. The van der Waals surface area contributed by atoms with Crippen LogP contribution in [-0.4, -0.2) is 11.0 Å². The van der Waals surface area contributed by atoms with Crippen molar-refractivity contribution in [2.75, 3.05) is 0 Å². The molecule has 5 heteroatoms. The van der Waals surface area contributed by atoms with Gasteiger partial charge in [-0.25, -0.2) is 4.79 Å². The van der Waals surface area contributed by atoms with Crippen LogP contribution in [0.5, 0.6) is 11.5 Å². The normalized spacial score (nSPS) is 10.3. The molecule has 3 aromatic rings. The third kappa shape index (κ3) is 4.43. The van der Waals surface area contributed by atoms with Gasteiger partial charge in [0.15, 0.2) is 0 Å². The molecule has 0 bridgehead atoms. The number of hydrogen-bond acceptors (Lipinski definition) is 5. The zero-order valence-corrected chi connectivity index (χ0v) is 13.6. The highest BCUT2D eigenvalue weighted by Gasteiger charge is 2.12. The first-order valence-electron chi connectivity index (χ1n) is 7.89. The van der Waals surface area contributed by atoms with Crippen molar-refractivity contribution < 1.29 is 14.3 Å². The van der Waals surface area contributed by atoms with E-state index in [2.05, 4.69) is 4.98 Å². The maximum absolute atomic E-state index is 12.2. The molecule has 1 heterocycles. The largest absolute Gasteiger partial charge is 0.457 e. The van der Waals surface area contributed by atoms with Gasteiger partial charge in [0.05, 0.1) is 11.3 Å². The Bertz CT molecular complexity index is 833. The van der Waals surface area contributed by atoms with Gasteiger partial charge in [-0.3, -0.25) is 4.98 Å². The lowest BCUT2D eigenvalue weighted by Crippen LogP contribution is -2.12. The molecule has 0 spiro atoms. The number of aromatic nitrogens is 1. The summed E-state index contributed by atoms with van der Waals surface area (Å²) in [5.41, 5.74) is 7.38. The van der Waals surface area contributed by atoms with Crippen molar-refractivity contribution in [1.29, 1.82) is 0 Å². The highest BCUT2D eigenvalue weighted by atomic mass is 16.5. The van der Waals surface area contributed by atoms with Crippen molar-refractivity contribution in [3.8, 4) is 11.5 Å². The van der Waals surface area contributed by atoms with Crippen LogP contribution in [0.3, 0.4) is 0 Å². The number of benzene rings is 2. The summed E-state index contributed by atoms with van der Waals surface area (Å²) in [5.74, 6) is 1.06. The van der Waals surface area contributed by atoms with Gasteiger partial charge in [-0.15, -0.1) is 0 Å². The maximum atomic E-state index is 12.2. The average Bonchev–Trinajstić information content (AvgIpc) is 2.68. The van der Waals surface area contributed by atoms with Gasteiger partial charge in [-0.05, 0) is 42.0 Å². The molecule has 0 radical (unpaired) electrons. The van der Waals surface area contributed by atoms with E-state index in [0.29, 0.717) is 11.3 Å². The van der Waals surface area contributed by atoms with Crippen LogP contribution >= 0.6 is 0 Å². The highest BCUT2D eigenvalue weighted by Crippen LogP contribution is 2.21. The predicted octanol–water partition coefficient (Wildman–Crippen LogP) is 3.69. The van der Waals surface area contributed by atoms with E-state index in [1.54, 1.807) is 18.3 Å². The Labute approximate surface area is 146 Å². The zero-order chi connectivity index (χ0) is 17.5. The number of esters is 1. The minimum atomic E-state index is -0.432. The molecule has 2 N–H and O–H groups in total. The van der Waals surface area contributed by atoms with Gasteiger partial charge in [0, 0.05) is 12.7 Å². The molecule has 25 heavy (non-hydrogen) atoms.